The molecule has 92 valence electrons. The molecule has 0 aliphatic rings. The predicted molar refractivity (Wildman–Crippen MR) is 73.4 cm³/mol. The molecule has 0 atom stereocenters. The second-order valence-electron chi connectivity index (χ2n) is 3.66. The second-order valence-corrected chi connectivity index (χ2v) is 4.92. The smallest absolute Gasteiger partial charge is 0.197 e. The van der Waals surface area contributed by atoms with Crippen LogP contribution in [-0.4, -0.2) is 5.78 Å². The summed E-state index contributed by atoms with van der Waals surface area (Å²) in [6, 6.07) is 8.78. The van der Waals surface area contributed by atoms with Crippen LogP contribution in [0.3, 0.4) is 0 Å². The van der Waals surface area contributed by atoms with Gasteiger partial charge in [-0.15, -0.1) is 0 Å². The first-order valence-electron chi connectivity index (χ1n) is 5.04. The van der Waals surface area contributed by atoms with Gasteiger partial charge >= 0.3 is 0 Å². The number of rotatable bonds is 2. The van der Waals surface area contributed by atoms with E-state index in [1.54, 1.807) is 12.1 Å². The van der Waals surface area contributed by atoms with Crippen molar-refractivity contribution in [1.29, 1.82) is 0 Å². The maximum absolute atomic E-state index is 13.6. The Morgan fingerprint density at radius 2 is 2.00 bits per heavy atom. The minimum atomic E-state index is -0.638. The second kappa shape index (κ2) is 5.08. The predicted octanol–water partition coefficient (Wildman–Crippen LogP) is 4.05. The Kier molecular flexibility index (Phi) is 3.68. The first kappa shape index (κ1) is 13.1. The summed E-state index contributed by atoms with van der Waals surface area (Å²) in [5.74, 6) is -1.11. The molecule has 0 unspecified atom stereocenters. The molecule has 5 heteroatoms. The van der Waals surface area contributed by atoms with Crippen LogP contribution in [-0.2, 0) is 0 Å². The molecule has 0 radical (unpaired) electrons. The van der Waals surface area contributed by atoms with Gasteiger partial charge in [-0.2, -0.15) is 0 Å². The first-order valence-corrected chi connectivity index (χ1v) is 6.21. The molecule has 18 heavy (non-hydrogen) atoms. The van der Waals surface area contributed by atoms with Crippen LogP contribution in [0.5, 0.6) is 0 Å². The summed E-state index contributed by atoms with van der Waals surface area (Å²) in [6.45, 7) is 0. The number of hydrogen-bond acceptors (Lipinski definition) is 2. The highest BCUT2D eigenvalue weighted by atomic mass is 79.9. The van der Waals surface area contributed by atoms with Gasteiger partial charge in [-0.25, -0.2) is 4.39 Å². The molecule has 2 nitrogen and oxygen atoms in total. The van der Waals surface area contributed by atoms with Crippen LogP contribution in [0.4, 0.5) is 10.1 Å². The minimum absolute atomic E-state index is 0.0907. The molecule has 0 spiro atoms. The molecule has 0 aliphatic carbocycles. The summed E-state index contributed by atoms with van der Waals surface area (Å²) >= 11 is 9.07. The maximum atomic E-state index is 13.6. The lowest BCUT2D eigenvalue weighted by molar-refractivity contribution is 0.103. The molecule has 2 aromatic carbocycles. The van der Waals surface area contributed by atoms with Crippen molar-refractivity contribution in [2.24, 2.45) is 0 Å². The Balaban J connectivity index is 2.51. The molecule has 0 saturated heterocycles. The molecular weight excluding hydrogens is 321 g/mol. The third kappa shape index (κ3) is 2.40. The summed E-state index contributed by atoms with van der Waals surface area (Å²) < 4.78 is 14.2. The molecule has 2 aromatic rings. The Labute approximate surface area is 117 Å². The van der Waals surface area contributed by atoms with Crippen LogP contribution in [0.15, 0.2) is 40.9 Å². The van der Waals surface area contributed by atoms with Crippen LogP contribution < -0.4 is 5.73 Å². The van der Waals surface area contributed by atoms with Gasteiger partial charge in [0.1, 0.15) is 5.82 Å². The number of carbonyl (C=O) groups is 1. The Hall–Kier alpha value is -1.39. The van der Waals surface area contributed by atoms with Crippen molar-refractivity contribution < 1.29 is 9.18 Å². The zero-order valence-electron chi connectivity index (χ0n) is 9.08. The topological polar surface area (TPSA) is 43.1 Å². The zero-order valence-corrected chi connectivity index (χ0v) is 11.4. The fourth-order valence-corrected chi connectivity index (χ4v) is 2.16. The summed E-state index contributed by atoms with van der Waals surface area (Å²) in [4.78, 5) is 12.2. The molecule has 0 saturated carbocycles. The summed E-state index contributed by atoms with van der Waals surface area (Å²) in [5, 5.41) is 0.0907. The average Bonchev–Trinajstić information content (AvgIpc) is 2.32. The van der Waals surface area contributed by atoms with E-state index in [0.29, 0.717) is 15.7 Å². The largest absolute Gasteiger partial charge is 0.398 e. The van der Waals surface area contributed by atoms with E-state index < -0.39 is 11.6 Å². The fourth-order valence-electron chi connectivity index (χ4n) is 1.53. The average molecular weight is 329 g/mol. The molecule has 2 rings (SSSR count). The SMILES string of the molecule is Nc1ccc(C(=O)c2c(F)cccc2Cl)cc1Br. The highest BCUT2D eigenvalue weighted by Crippen LogP contribution is 2.26. The number of benzene rings is 2. The van der Waals surface area contributed by atoms with Crippen molar-refractivity contribution in [3.63, 3.8) is 0 Å². The lowest BCUT2D eigenvalue weighted by atomic mass is 10.0. The van der Waals surface area contributed by atoms with Crippen LogP contribution >= 0.6 is 27.5 Å². The molecule has 0 bridgehead atoms. The minimum Gasteiger partial charge on any atom is -0.398 e. The van der Waals surface area contributed by atoms with Gasteiger partial charge in [0.05, 0.1) is 10.6 Å². The quantitative estimate of drug-likeness (QED) is 0.667. The van der Waals surface area contributed by atoms with Crippen LogP contribution in [0.25, 0.3) is 0 Å². The van der Waals surface area contributed by atoms with Crippen molar-refractivity contribution in [2.45, 2.75) is 0 Å². The van der Waals surface area contributed by atoms with E-state index in [2.05, 4.69) is 15.9 Å². The molecule has 0 aromatic heterocycles. The standard InChI is InChI=1S/C13H8BrClFNO/c14-8-6-7(4-5-11(8)17)13(18)12-9(15)2-1-3-10(12)16/h1-6H,17H2. The summed E-state index contributed by atoms with van der Waals surface area (Å²) in [6.07, 6.45) is 0. The van der Waals surface area contributed by atoms with E-state index in [1.165, 1.54) is 24.3 Å². The van der Waals surface area contributed by atoms with Gasteiger partial charge in [0.15, 0.2) is 5.78 Å². The van der Waals surface area contributed by atoms with Crippen molar-refractivity contribution in [3.8, 4) is 0 Å². The lowest BCUT2D eigenvalue weighted by Gasteiger charge is -2.06. The lowest BCUT2D eigenvalue weighted by Crippen LogP contribution is -2.05. The van der Waals surface area contributed by atoms with Crippen molar-refractivity contribution in [3.05, 3.63) is 62.8 Å². The molecule has 0 fully saturated rings. The van der Waals surface area contributed by atoms with Gasteiger partial charge < -0.3 is 5.73 Å². The zero-order chi connectivity index (χ0) is 13.3. The summed E-state index contributed by atoms with van der Waals surface area (Å²) in [7, 11) is 0. The summed E-state index contributed by atoms with van der Waals surface area (Å²) in [5.41, 5.74) is 6.33. The number of halogens is 3. The Morgan fingerprint density at radius 3 is 2.61 bits per heavy atom. The highest BCUT2D eigenvalue weighted by molar-refractivity contribution is 9.10. The van der Waals surface area contributed by atoms with Crippen LogP contribution in [0.2, 0.25) is 5.02 Å². The van der Waals surface area contributed by atoms with E-state index in [0.717, 1.165) is 0 Å². The number of ketones is 1. The van der Waals surface area contributed by atoms with Gasteiger partial charge in [0.25, 0.3) is 0 Å². The highest BCUT2D eigenvalue weighted by Gasteiger charge is 2.18. The van der Waals surface area contributed by atoms with Gasteiger partial charge in [-0.1, -0.05) is 17.7 Å². The monoisotopic (exact) mass is 327 g/mol. The number of carbonyl (C=O) groups excluding carboxylic acids is 1. The molecular formula is C13H8BrClFNO. The van der Waals surface area contributed by atoms with Crippen molar-refractivity contribution >= 4 is 39.0 Å². The molecule has 0 heterocycles. The molecule has 2 N–H and O–H groups in total. The van der Waals surface area contributed by atoms with E-state index in [1.807, 2.05) is 0 Å². The normalized spacial score (nSPS) is 10.4. The van der Waals surface area contributed by atoms with Gasteiger partial charge in [0.2, 0.25) is 0 Å². The van der Waals surface area contributed by atoms with Gasteiger partial charge in [0, 0.05) is 15.7 Å². The van der Waals surface area contributed by atoms with E-state index in [-0.39, 0.29) is 10.6 Å². The number of nitrogens with two attached hydrogens (primary N) is 1. The van der Waals surface area contributed by atoms with Gasteiger partial charge in [-0.05, 0) is 46.3 Å². The van der Waals surface area contributed by atoms with Crippen molar-refractivity contribution in [2.75, 3.05) is 5.73 Å². The third-order valence-electron chi connectivity index (χ3n) is 2.45. The number of nitrogen functional groups attached to an aromatic ring is 1. The Bertz CT molecular complexity index is 610. The molecule has 0 amide bonds. The molecule has 0 aliphatic heterocycles. The fraction of sp³-hybridized carbons (Fsp3) is 0. The first-order chi connectivity index (χ1) is 8.50. The van der Waals surface area contributed by atoms with Crippen LogP contribution in [0, 0.1) is 5.82 Å². The van der Waals surface area contributed by atoms with Gasteiger partial charge in [-0.3, -0.25) is 4.79 Å². The van der Waals surface area contributed by atoms with E-state index in [9.17, 15) is 9.18 Å². The maximum Gasteiger partial charge on any atom is 0.197 e. The number of hydrogen-bond donors (Lipinski definition) is 1. The van der Waals surface area contributed by atoms with E-state index in [4.69, 9.17) is 17.3 Å². The van der Waals surface area contributed by atoms with Crippen molar-refractivity contribution in [1.82, 2.24) is 0 Å². The number of anilines is 1. The third-order valence-corrected chi connectivity index (χ3v) is 3.45. The van der Waals surface area contributed by atoms with E-state index >= 15 is 0 Å². The Morgan fingerprint density at radius 1 is 1.28 bits per heavy atom. The van der Waals surface area contributed by atoms with Crippen LogP contribution in [0.1, 0.15) is 15.9 Å².